The molecule has 3 aromatic rings. The van der Waals surface area contributed by atoms with Crippen molar-refractivity contribution < 1.29 is 4.79 Å². The van der Waals surface area contributed by atoms with Crippen LogP contribution in [0.5, 0.6) is 0 Å². The number of carbonyl (C=O) groups excluding carboxylic acids is 1. The number of fused-ring (bicyclic) bond motifs is 1. The number of carbonyl (C=O) groups is 1. The number of amides is 2. The number of benzene rings is 1. The molecule has 32 heavy (non-hydrogen) atoms. The van der Waals surface area contributed by atoms with Gasteiger partial charge in [0.2, 0.25) is 0 Å². The first-order chi connectivity index (χ1) is 15.5. The van der Waals surface area contributed by atoms with Crippen LogP contribution in [0, 0.1) is 13.8 Å². The van der Waals surface area contributed by atoms with Gasteiger partial charge in [-0.1, -0.05) is 31.5 Å². The van der Waals surface area contributed by atoms with E-state index in [2.05, 4.69) is 55.3 Å². The van der Waals surface area contributed by atoms with Crippen molar-refractivity contribution in [2.75, 3.05) is 37.6 Å². The number of aromatic nitrogens is 4. The summed E-state index contributed by atoms with van der Waals surface area (Å²) in [7, 11) is 0. The highest BCUT2D eigenvalue weighted by molar-refractivity contribution is 5.91. The van der Waals surface area contributed by atoms with Gasteiger partial charge in [0.1, 0.15) is 11.6 Å². The molecule has 2 amide bonds. The third-order valence-electron chi connectivity index (χ3n) is 5.93. The molecule has 0 spiro atoms. The van der Waals surface area contributed by atoms with Gasteiger partial charge in [0, 0.05) is 39.1 Å². The lowest BCUT2D eigenvalue weighted by Crippen LogP contribution is -2.42. The number of aryl methyl sites for hydroxylation is 3. The Kier molecular flexibility index (Phi) is 6.58. The van der Waals surface area contributed by atoms with E-state index in [1.165, 1.54) is 5.56 Å². The molecular formula is C24H33N7O. The molecule has 1 N–H and O–H groups in total. The van der Waals surface area contributed by atoms with Gasteiger partial charge in [-0.3, -0.25) is 0 Å². The average Bonchev–Trinajstić information content (AvgIpc) is 2.98. The van der Waals surface area contributed by atoms with E-state index in [0.717, 1.165) is 73.0 Å². The Bertz CT molecular complexity index is 1090. The fraction of sp³-hybridized carbons (Fsp3) is 0.500. The van der Waals surface area contributed by atoms with E-state index < -0.39 is 0 Å². The minimum atomic E-state index is 0.0270. The number of hydrogen-bond acceptors (Lipinski definition) is 5. The van der Waals surface area contributed by atoms with Crippen LogP contribution >= 0.6 is 0 Å². The van der Waals surface area contributed by atoms with E-state index >= 15 is 0 Å². The minimum Gasteiger partial charge on any atom is -0.354 e. The van der Waals surface area contributed by atoms with Crippen molar-refractivity contribution in [2.45, 2.75) is 47.0 Å². The number of urea groups is 1. The predicted octanol–water partition coefficient (Wildman–Crippen LogP) is 3.63. The first-order valence-corrected chi connectivity index (χ1v) is 11.6. The highest BCUT2D eigenvalue weighted by Gasteiger charge is 2.24. The van der Waals surface area contributed by atoms with Crippen LogP contribution in [-0.4, -0.2) is 63.4 Å². The largest absolute Gasteiger partial charge is 0.354 e. The van der Waals surface area contributed by atoms with Crippen molar-refractivity contribution in [2.24, 2.45) is 0 Å². The number of nitrogens with zero attached hydrogens (tertiary/aromatic N) is 6. The van der Waals surface area contributed by atoms with Crippen molar-refractivity contribution >= 4 is 22.9 Å². The summed E-state index contributed by atoms with van der Waals surface area (Å²) in [4.78, 5) is 26.5. The maximum atomic E-state index is 12.5. The Labute approximate surface area is 189 Å². The molecule has 1 fully saturated rings. The predicted molar refractivity (Wildman–Crippen MR) is 128 cm³/mol. The Hall–Kier alpha value is -3.16. The molecule has 8 heteroatoms. The lowest BCUT2D eigenvalue weighted by molar-refractivity contribution is 0.201. The first-order valence-electron chi connectivity index (χ1n) is 11.6. The topological polar surface area (TPSA) is 79.2 Å². The third kappa shape index (κ3) is 4.40. The lowest BCUT2D eigenvalue weighted by atomic mass is 10.2. The second-order valence-electron chi connectivity index (χ2n) is 8.41. The van der Waals surface area contributed by atoms with Crippen molar-refractivity contribution in [3.8, 4) is 5.69 Å². The number of nitrogens with one attached hydrogen (secondary N) is 1. The zero-order chi connectivity index (χ0) is 22.7. The Morgan fingerprint density at radius 2 is 1.81 bits per heavy atom. The molecule has 0 unspecified atom stereocenters. The van der Waals surface area contributed by atoms with Crippen LogP contribution in [0.25, 0.3) is 16.7 Å². The van der Waals surface area contributed by atoms with E-state index in [-0.39, 0.29) is 6.03 Å². The second kappa shape index (κ2) is 9.54. The molecule has 0 saturated carbocycles. The van der Waals surface area contributed by atoms with Gasteiger partial charge < -0.3 is 15.1 Å². The fourth-order valence-corrected chi connectivity index (χ4v) is 4.13. The number of rotatable bonds is 5. The van der Waals surface area contributed by atoms with E-state index in [1.807, 2.05) is 16.5 Å². The van der Waals surface area contributed by atoms with Gasteiger partial charge in [-0.25, -0.2) is 19.4 Å². The molecule has 0 radical (unpaired) electrons. The molecule has 0 bridgehead atoms. The van der Waals surface area contributed by atoms with E-state index in [4.69, 9.17) is 15.1 Å². The normalized spacial score (nSPS) is 14.6. The van der Waals surface area contributed by atoms with Crippen LogP contribution in [0.4, 0.5) is 10.6 Å². The molecular weight excluding hydrogens is 402 g/mol. The SMILES string of the molecule is CCCNC(=O)N1CCCN(c2nc(CC)nc3c2c(C)nn3-c2ccc(C)cc2)CC1. The smallest absolute Gasteiger partial charge is 0.317 e. The van der Waals surface area contributed by atoms with Crippen LogP contribution in [0.1, 0.15) is 43.8 Å². The van der Waals surface area contributed by atoms with Gasteiger partial charge in [-0.15, -0.1) is 0 Å². The summed E-state index contributed by atoms with van der Waals surface area (Å²) >= 11 is 0. The summed E-state index contributed by atoms with van der Waals surface area (Å²) in [5.74, 6) is 1.74. The maximum absolute atomic E-state index is 12.5. The lowest BCUT2D eigenvalue weighted by Gasteiger charge is -2.24. The molecule has 1 aliphatic heterocycles. The van der Waals surface area contributed by atoms with Crippen LogP contribution < -0.4 is 10.2 Å². The molecule has 1 aliphatic rings. The molecule has 0 aliphatic carbocycles. The van der Waals surface area contributed by atoms with Gasteiger partial charge in [0.25, 0.3) is 0 Å². The highest BCUT2D eigenvalue weighted by atomic mass is 16.2. The zero-order valence-electron chi connectivity index (χ0n) is 19.6. The third-order valence-corrected chi connectivity index (χ3v) is 5.93. The van der Waals surface area contributed by atoms with Gasteiger partial charge in [-0.2, -0.15) is 5.10 Å². The Morgan fingerprint density at radius 1 is 1.03 bits per heavy atom. The average molecular weight is 436 g/mol. The summed E-state index contributed by atoms with van der Waals surface area (Å²) in [5, 5.41) is 8.82. The van der Waals surface area contributed by atoms with Crippen LogP contribution in [0.15, 0.2) is 24.3 Å². The molecule has 2 aromatic heterocycles. The summed E-state index contributed by atoms with van der Waals surface area (Å²) in [6.07, 6.45) is 2.59. The van der Waals surface area contributed by atoms with Gasteiger partial charge in [-0.05, 0) is 38.8 Å². The standard InChI is InChI=1S/C24H33N7O/c1-5-12-25-24(32)30-14-7-13-29(15-16-30)22-21-18(4)28-31(19-10-8-17(3)9-11-19)23(21)27-20(6-2)26-22/h8-11H,5-7,12-16H2,1-4H3,(H,25,32). The minimum absolute atomic E-state index is 0.0270. The Morgan fingerprint density at radius 3 is 2.53 bits per heavy atom. The number of anilines is 1. The number of hydrogen-bond donors (Lipinski definition) is 1. The van der Waals surface area contributed by atoms with Crippen molar-refractivity contribution in [1.82, 2.24) is 30.0 Å². The van der Waals surface area contributed by atoms with Crippen molar-refractivity contribution in [3.63, 3.8) is 0 Å². The zero-order valence-corrected chi connectivity index (χ0v) is 19.6. The highest BCUT2D eigenvalue weighted by Crippen LogP contribution is 2.30. The monoisotopic (exact) mass is 435 g/mol. The second-order valence-corrected chi connectivity index (χ2v) is 8.41. The van der Waals surface area contributed by atoms with Gasteiger partial charge in [0.05, 0.1) is 16.8 Å². The molecule has 1 aromatic carbocycles. The summed E-state index contributed by atoms with van der Waals surface area (Å²) in [6.45, 7) is 12.0. The molecule has 1 saturated heterocycles. The van der Waals surface area contributed by atoms with E-state index in [9.17, 15) is 4.79 Å². The summed E-state index contributed by atoms with van der Waals surface area (Å²) in [6, 6.07) is 8.36. The van der Waals surface area contributed by atoms with Crippen molar-refractivity contribution in [1.29, 1.82) is 0 Å². The molecule has 170 valence electrons. The first kappa shape index (κ1) is 22.0. The molecule has 0 atom stereocenters. The van der Waals surface area contributed by atoms with E-state index in [0.29, 0.717) is 13.1 Å². The van der Waals surface area contributed by atoms with E-state index in [1.54, 1.807) is 0 Å². The molecule has 4 rings (SSSR count). The van der Waals surface area contributed by atoms with Gasteiger partial charge in [0.15, 0.2) is 5.65 Å². The van der Waals surface area contributed by atoms with Crippen molar-refractivity contribution in [3.05, 3.63) is 41.3 Å². The van der Waals surface area contributed by atoms with Crippen LogP contribution in [-0.2, 0) is 6.42 Å². The van der Waals surface area contributed by atoms with Crippen LogP contribution in [0.3, 0.4) is 0 Å². The van der Waals surface area contributed by atoms with Crippen LogP contribution in [0.2, 0.25) is 0 Å². The quantitative estimate of drug-likeness (QED) is 0.662. The van der Waals surface area contributed by atoms with Gasteiger partial charge >= 0.3 is 6.03 Å². The summed E-state index contributed by atoms with van der Waals surface area (Å²) < 4.78 is 1.93. The summed E-state index contributed by atoms with van der Waals surface area (Å²) in [5.41, 5.74) is 3.97. The Balaban J connectivity index is 1.69. The molecule has 8 nitrogen and oxygen atoms in total. The maximum Gasteiger partial charge on any atom is 0.317 e. The fourth-order valence-electron chi connectivity index (χ4n) is 4.13. The molecule has 3 heterocycles.